The van der Waals surface area contributed by atoms with E-state index in [9.17, 15) is 18.0 Å². The molecule has 0 saturated carbocycles. The smallest absolute Gasteiger partial charge is 0.336 e. The molecule has 3 aromatic rings. The second-order valence-electron chi connectivity index (χ2n) is 7.19. The first-order valence-corrected chi connectivity index (χ1v) is 11.7. The highest BCUT2D eigenvalue weighted by atomic mass is 32.2. The van der Waals surface area contributed by atoms with Gasteiger partial charge in [-0.05, 0) is 42.3 Å². The summed E-state index contributed by atoms with van der Waals surface area (Å²) in [6.45, 7) is 6.18. The van der Waals surface area contributed by atoms with E-state index < -0.39 is 21.6 Å². The lowest BCUT2D eigenvalue weighted by Crippen LogP contribution is -2.30. The molecule has 1 heterocycles. The summed E-state index contributed by atoms with van der Waals surface area (Å²) in [6.07, 6.45) is 2.79. The van der Waals surface area contributed by atoms with Crippen molar-refractivity contribution < 1.29 is 22.4 Å². The van der Waals surface area contributed by atoms with Gasteiger partial charge in [0.2, 0.25) is 10.0 Å². The highest BCUT2D eigenvalue weighted by Crippen LogP contribution is 2.20. The minimum Gasteiger partial charge on any atom is -0.458 e. The summed E-state index contributed by atoms with van der Waals surface area (Å²) in [5, 5.41) is 0.706. The quantitative estimate of drug-likeness (QED) is 0.291. The zero-order chi connectivity index (χ0) is 23.3. The predicted molar refractivity (Wildman–Crippen MR) is 123 cm³/mol. The van der Waals surface area contributed by atoms with E-state index in [1.54, 1.807) is 32.0 Å². The van der Waals surface area contributed by atoms with Crippen LogP contribution in [0.5, 0.6) is 0 Å². The van der Waals surface area contributed by atoms with Crippen molar-refractivity contribution in [2.24, 2.45) is 0 Å². The zero-order valence-corrected chi connectivity index (χ0v) is 19.0. The van der Waals surface area contributed by atoms with Gasteiger partial charge in [-0.15, -0.1) is 0 Å². The standard InChI is InChI=1S/C24H25NO6S/c1-4-25(5-2)32(28,29)20-10-7-18(8-11-20)9-13-23(26)30-16-19-15-24(27)31-22-14-17(3)6-12-21(19)22/h6-15H,4-5,16H2,1-3H3. The van der Waals surface area contributed by atoms with Crippen LogP contribution >= 0.6 is 0 Å². The topological polar surface area (TPSA) is 93.9 Å². The fourth-order valence-electron chi connectivity index (χ4n) is 3.28. The minimum absolute atomic E-state index is 0.0740. The maximum absolute atomic E-state index is 12.5. The lowest BCUT2D eigenvalue weighted by atomic mass is 10.1. The molecule has 168 valence electrons. The number of carbonyl (C=O) groups is 1. The van der Waals surface area contributed by atoms with Gasteiger partial charge in [0.1, 0.15) is 12.2 Å². The van der Waals surface area contributed by atoms with E-state index in [4.69, 9.17) is 9.15 Å². The van der Waals surface area contributed by atoms with Crippen molar-refractivity contribution in [2.45, 2.75) is 32.3 Å². The van der Waals surface area contributed by atoms with Crippen molar-refractivity contribution in [1.29, 1.82) is 0 Å². The molecule has 0 aliphatic heterocycles. The molecule has 7 nitrogen and oxygen atoms in total. The van der Waals surface area contributed by atoms with Crippen molar-refractivity contribution in [3.05, 3.63) is 81.7 Å². The van der Waals surface area contributed by atoms with Crippen LogP contribution in [0.3, 0.4) is 0 Å². The number of ether oxygens (including phenoxy) is 1. The molecule has 0 fully saturated rings. The maximum Gasteiger partial charge on any atom is 0.336 e. The number of aryl methyl sites for hydroxylation is 1. The third-order valence-electron chi connectivity index (χ3n) is 4.99. The van der Waals surface area contributed by atoms with Crippen LogP contribution in [0.2, 0.25) is 0 Å². The minimum atomic E-state index is -3.53. The van der Waals surface area contributed by atoms with Crippen LogP contribution in [0.15, 0.2) is 68.7 Å². The van der Waals surface area contributed by atoms with Gasteiger partial charge in [0, 0.05) is 36.2 Å². The fourth-order valence-corrected chi connectivity index (χ4v) is 4.74. The lowest BCUT2D eigenvalue weighted by Gasteiger charge is -2.18. The first kappa shape index (κ1) is 23.4. The number of rotatable bonds is 8. The van der Waals surface area contributed by atoms with Gasteiger partial charge in [0.05, 0.1) is 4.90 Å². The molecule has 0 bridgehead atoms. The fraction of sp³-hybridized carbons (Fsp3) is 0.250. The SMILES string of the molecule is CCN(CC)S(=O)(=O)c1ccc(C=CC(=O)OCc2cc(=O)oc3cc(C)ccc23)cc1. The molecule has 0 aliphatic carbocycles. The average Bonchev–Trinajstić information content (AvgIpc) is 2.76. The van der Waals surface area contributed by atoms with Gasteiger partial charge in [0.15, 0.2) is 0 Å². The molecule has 0 N–H and O–H groups in total. The van der Waals surface area contributed by atoms with Crippen LogP contribution < -0.4 is 5.63 Å². The van der Waals surface area contributed by atoms with Crippen LogP contribution in [0.4, 0.5) is 0 Å². The highest BCUT2D eigenvalue weighted by molar-refractivity contribution is 7.89. The molecule has 0 spiro atoms. The average molecular weight is 456 g/mol. The van der Waals surface area contributed by atoms with E-state index in [1.165, 1.54) is 34.7 Å². The normalized spacial score (nSPS) is 12.0. The molecule has 0 unspecified atom stereocenters. The number of nitrogens with zero attached hydrogens (tertiary/aromatic N) is 1. The predicted octanol–water partition coefficient (Wildman–Crippen LogP) is 3.89. The Morgan fingerprint density at radius 1 is 1.06 bits per heavy atom. The van der Waals surface area contributed by atoms with E-state index in [0.717, 1.165) is 5.56 Å². The molecule has 0 saturated heterocycles. The first-order valence-electron chi connectivity index (χ1n) is 10.2. The number of hydrogen-bond donors (Lipinski definition) is 0. The second kappa shape index (κ2) is 9.93. The molecule has 1 aromatic heterocycles. The molecule has 0 radical (unpaired) electrons. The number of benzene rings is 2. The van der Waals surface area contributed by atoms with Crippen molar-refractivity contribution in [2.75, 3.05) is 13.1 Å². The van der Waals surface area contributed by atoms with Crippen LogP contribution in [-0.4, -0.2) is 31.8 Å². The largest absolute Gasteiger partial charge is 0.458 e. The third kappa shape index (κ3) is 5.33. The summed E-state index contributed by atoms with van der Waals surface area (Å²) in [7, 11) is -3.53. The Balaban J connectivity index is 1.68. The lowest BCUT2D eigenvalue weighted by molar-refractivity contribution is -0.138. The maximum atomic E-state index is 12.5. The third-order valence-corrected chi connectivity index (χ3v) is 7.05. The molecule has 0 aliphatic rings. The molecular weight excluding hydrogens is 430 g/mol. The van der Waals surface area contributed by atoms with Gasteiger partial charge in [-0.1, -0.05) is 38.1 Å². The molecule has 8 heteroatoms. The van der Waals surface area contributed by atoms with E-state index >= 15 is 0 Å². The summed E-state index contributed by atoms with van der Waals surface area (Å²) >= 11 is 0. The van der Waals surface area contributed by atoms with Crippen LogP contribution in [0.1, 0.15) is 30.5 Å². The van der Waals surface area contributed by atoms with Gasteiger partial charge < -0.3 is 9.15 Å². The van der Waals surface area contributed by atoms with E-state index in [0.29, 0.717) is 35.2 Å². The number of fused-ring (bicyclic) bond motifs is 1. The van der Waals surface area contributed by atoms with Gasteiger partial charge >= 0.3 is 11.6 Å². The summed E-state index contributed by atoms with van der Waals surface area (Å²) in [5.74, 6) is -0.585. The Morgan fingerprint density at radius 2 is 1.75 bits per heavy atom. The Morgan fingerprint density at radius 3 is 2.41 bits per heavy atom. The Hall–Kier alpha value is -3.23. The van der Waals surface area contributed by atoms with Crippen molar-refractivity contribution in [1.82, 2.24) is 4.31 Å². The van der Waals surface area contributed by atoms with E-state index in [-0.39, 0.29) is 11.5 Å². The van der Waals surface area contributed by atoms with Crippen LogP contribution in [0, 0.1) is 6.92 Å². The number of hydrogen-bond acceptors (Lipinski definition) is 6. The summed E-state index contributed by atoms with van der Waals surface area (Å²) in [6, 6.07) is 13.0. The number of esters is 1. The number of carbonyl (C=O) groups excluding carboxylic acids is 1. The Labute approximate surface area is 187 Å². The zero-order valence-electron chi connectivity index (χ0n) is 18.2. The number of sulfonamides is 1. The van der Waals surface area contributed by atoms with Gasteiger partial charge in [0.25, 0.3) is 0 Å². The Kier molecular flexibility index (Phi) is 7.27. The van der Waals surface area contributed by atoms with Gasteiger partial charge in [-0.2, -0.15) is 4.31 Å². The molecular formula is C24H25NO6S. The van der Waals surface area contributed by atoms with Crippen molar-refractivity contribution in [3.8, 4) is 0 Å². The molecule has 0 atom stereocenters. The first-order chi connectivity index (χ1) is 15.2. The van der Waals surface area contributed by atoms with Gasteiger partial charge in [-0.3, -0.25) is 0 Å². The second-order valence-corrected chi connectivity index (χ2v) is 9.13. The molecule has 2 aromatic carbocycles. The molecule has 32 heavy (non-hydrogen) atoms. The van der Waals surface area contributed by atoms with Gasteiger partial charge in [-0.25, -0.2) is 18.0 Å². The monoisotopic (exact) mass is 455 g/mol. The molecule has 3 rings (SSSR count). The van der Waals surface area contributed by atoms with Crippen LogP contribution in [0.25, 0.3) is 17.0 Å². The van der Waals surface area contributed by atoms with E-state index in [1.807, 2.05) is 19.1 Å². The molecule has 0 amide bonds. The summed E-state index contributed by atoms with van der Waals surface area (Å²) in [4.78, 5) is 24.1. The van der Waals surface area contributed by atoms with Crippen molar-refractivity contribution >= 4 is 33.0 Å². The van der Waals surface area contributed by atoms with Crippen LogP contribution in [-0.2, 0) is 26.2 Å². The van der Waals surface area contributed by atoms with E-state index in [2.05, 4.69) is 0 Å². The Bertz CT molecular complexity index is 1300. The summed E-state index contributed by atoms with van der Waals surface area (Å²) in [5.41, 5.74) is 2.10. The summed E-state index contributed by atoms with van der Waals surface area (Å²) < 4.78 is 36.9. The van der Waals surface area contributed by atoms with Crippen molar-refractivity contribution in [3.63, 3.8) is 0 Å². The highest BCUT2D eigenvalue weighted by Gasteiger charge is 2.20.